The topological polar surface area (TPSA) is 58.1 Å². The molecule has 1 aromatic rings. The Morgan fingerprint density at radius 1 is 1.10 bits per heavy atom. The second-order valence-corrected chi connectivity index (χ2v) is 9.52. The summed E-state index contributed by atoms with van der Waals surface area (Å²) in [7, 11) is 1.84. The third kappa shape index (κ3) is 8.18. The Morgan fingerprint density at radius 3 is 2.48 bits per heavy atom. The zero-order chi connectivity index (χ0) is 21.4. The molecule has 0 spiro atoms. The molecule has 2 atom stereocenters. The Hall–Kier alpha value is -0.900. The minimum Gasteiger partial charge on any atom is -0.379 e. The lowest BCUT2D eigenvalue weighted by molar-refractivity contribution is -0.0835. The van der Waals surface area contributed by atoms with Crippen LogP contribution in [0.3, 0.4) is 0 Å². The number of aliphatic imine (C=N–C) groups is 1. The maximum absolute atomic E-state index is 6.12. The molecule has 0 saturated carbocycles. The number of nitrogens with one attached hydrogen (secondary N) is 2. The number of guanidine groups is 1. The van der Waals surface area contributed by atoms with Crippen molar-refractivity contribution in [2.75, 3.05) is 46.5 Å². The summed E-state index contributed by atoms with van der Waals surface area (Å²) >= 11 is 0. The molecule has 2 heterocycles. The van der Waals surface area contributed by atoms with Gasteiger partial charge in [-0.05, 0) is 29.4 Å². The summed E-state index contributed by atoms with van der Waals surface area (Å²) in [6.45, 7) is 14.0. The van der Waals surface area contributed by atoms with Crippen molar-refractivity contribution >= 4 is 29.9 Å². The molecule has 0 bridgehead atoms. The highest BCUT2D eigenvalue weighted by Gasteiger charge is 2.35. The van der Waals surface area contributed by atoms with Crippen molar-refractivity contribution in [2.24, 2.45) is 16.3 Å². The minimum atomic E-state index is 0. The van der Waals surface area contributed by atoms with Gasteiger partial charge in [0.15, 0.2) is 5.96 Å². The fraction of sp³-hybridized carbons (Fsp3) is 0.708. The number of halogens is 1. The highest BCUT2D eigenvalue weighted by atomic mass is 127. The maximum Gasteiger partial charge on any atom is 0.191 e. The predicted octanol–water partition coefficient (Wildman–Crippen LogP) is 3.64. The summed E-state index contributed by atoms with van der Waals surface area (Å²) in [4.78, 5) is 6.91. The van der Waals surface area contributed by atoms with Gasteiger partial charge in [0.1, 0.15) is 0 Å². The lowest BCUT2D eigenvalue weighted by Gasteiger charge is -2.40. The number of nitrogens with zero attached hydrogens (tertiary/aromatic N) is 2. The zero-order valence-corrected chi connectivity index (χ0v) is 22.0. The second-order valence-electron chi connectivity index (χ2n) is 9.52. The van der Waals surface area contributed by atoms with Crippen LogP contribution in [0, 0.1) is 11.3 Å². The van der Waals surface area contributed by atoms with Gasteiger partial charge in [0, 0.05) is 52.3 Å². The monoisotopic (exact) mass is 544 g/mol. The van der Waals surface area contributed by atoms with Crippen LogP contribution in [0.2, 0.25) is 0 Å². The molecule has 2 N–H and O–H groups in total. The van der Waals surface area contributed by atoms with Gasteiger partial charge in [-0.15, -0.1) is 24.0 Å². The van der Waals surface area contributed by atoms with Gasteiger partial charge in [0.2, 0.25) is 0 Å². The lowest BCUT2D eigenvalue weighted by atomic mass is 9.78. The number of ether oxygens (including phenoxy) is 2. The van der Waals surface area contributed by atoms with Crippen molar-refractivity contribution in [3.8, 4) is 0 Å². The van der Waals surface area contributed by atoms with E-state index in [0.717, 1.165) is 64.9 Å². The van der Waals surface area contributed by atoms with Crippen molar-refractivity contribution < 1.29 is 9.47 Å². The molecule has 0 aromatic heterocycles. The molecular formula is C24H41IN4O2. The Bertz CT molecular complexity index is 686. The molecular weight excluding hydrogens is 503 g/mol. The van der Waals surface area contributed by atoms with Gasteiger partial charge in [-0.25, -0.2) is 0 Å². The van der Waals surface area contributed by atoms with Crippen molar-refractivity contribution in [3.05, 3.63) is 35.4 Å². The van der Waals surface area contributed by atoms with Crippen LogP contribution in [0.25, 0.3) is 0 Å². The number of morpholine rings is 1. The third-order valence-corrected chi connectivity index (χ3v) is 6.12. The molecule has 2 aliphatic heterocycles. The van der Waals surface area contributed by atoms with E-state index < -0.39 is 0 Å². The summed E-state index contributed by atoms with van der Waals surface area (Å²) in [5.41, 5.74) is 2.85. The van der Waals surface area contributed by atoms with Crippen LogP contribution in [0.5, 0.6) is 0 Å². The Labute approximate surface area is 205 Å². The van der Waals surface area contributed by atoms with Gasteiger partial charge in [0.05, 0.1) is 19.3 Å². The zero-order valence-electron chi connectivity index (χ0n) is 19.7. The minimum absolute atomic E-state index is 0. The van der Waals surface area contributed by atoms with Crippen LogP contribution in [-0.4, -0.2) is 63.5 Å². The third-order valence-electron chi connectivity index (χ3n) is 6.12. The Kier molecular flexibility index (Phi) is 11.0. The van der Waals surface area contributed by atoms with E-state index in [-0.39, 0.29) is 35.5 Å². The molecule has 7 heteroatoms. The van der Waals surface area contributed by atoms with E-state index in [1.165, 1.54) is 17.5 Å². The first-order valence-corrected chi connectivity index (χ1v) is 11.4. The average Bonchev–Trinajstić information content (AvgIpc) is 2.75. The van der Waals surface area contributed by atoms with Crippen molar-refractivity contribution in [1.29, 1.82) is 0 Å². The molecule has 2 fully saturated rings. The molecule has 1 aromatic carbocycles. The van der Waals surface area contributed by atoms with E-state index in [9.17, 15) is 0 Å². The SMILES string of the molecule is CN=C(NCc1ccccc1CN1CCOCC1)NCC1CCCOC1C(C)(C)C.I. The standard InChI is InChI=1S/C24H40N4O2.HI/c1-24(2,3)22-20(10-7-13-30-22)17-27-23(25-4)26-16-19-8-5-6-9-21(19)18-28-11-14-29-15-12-28;/h5-6,8-9,20,22H,7,10-18H2,1-4H3,(H2,25,26,27);1H. The number of hydrogen-bond acceptors (Lipinski definition) is 4. The van der Waals surface area contributed by atoms with E-state index in [4.69, 9.17) is 9.47 Å². The maximum atomic E-state index is 6.12. The van der Waals surface area contributed by atoms with Gasteiger partial charge in [-0.2, -0.15) is 0 Å². The molecule has 2 aliphatic rings. The molecule has 2 saturated heterocycles. The van der Waals surface area contributed by atoms with Crippen LogP contribution < -0.4 is 10.6 Å². The largest absolute Gasteiger partial charge is 0.379 e. The second kappa shape index (κ2) is 13.0. The summed E-state index contributed by atoms with van der Waals surface area (Å²) < 4.78 is 11.6. The van der Waals surface area contributed by atoms with Crippen LogP contribution in [0.15, 0.2) is 29.3 Å². The van der Waals surface area contributed by atoms with Crippen LogP contribution in [-0.2, 0) is 22.6 Å². The van der Waals surface area contributed by atoms with Crippen molar-refractivity contribution in [3.63, 3.8) is 0 Å². The summed E-state index contributed by atoms with van der Waals surface area (Å²) in [5, 5.41) is 7.06. The first-order valence-electron chi connectivity index (χ1n) is 11.4. The van der Waals surface area contributed by atoms with Gasteiger partial charge in [-0.1, -0.05) is 45.0 Å². The molecule has 31 heavy (non-hydrogen) atoms. The van der Waals surface area contributed by atoms with E-state index >= 15 is 0 Å². The fourth-order valence-corrected chi connectivity index (χ4v) is 4.52. The van der Waals surface area contributed by atoms with Gasteiger partial charge in [-0.3, -0.25) is 9.89 Å². The predicted molar refractivity (Wildman–Crippen MR) is 138 cm³/mol. The molecule has 3 rings (SSSR count). The van der Waals surface area contributed by atoms with E-state index in [0.29, 0.717) is 5.92 Å². The van der Waals surface area contributed by atoms with Gasteiger partial charge >= 0.3 is 0 Å². The molecule has 0 amide bonds. The smallest absolute Gasteiger partial charge is 0.191 e. The fourth-order valence-electron chi connectivity index (χ4n) is 4.52. The summed E-state index contributed by atoms with van der Waals surface area (Å²) in [6.07, 6.45) is 2.62. The van der Waals surface area contributed by atoms with Gasteiger partial charge in [0.25, 0.3) is 0 Å². The first kappa shape index (κ1) is 26.4. The molecule has 2 unspecified atom stereocenters. The summed E-state index contributed by atoms with van der Waals surface area (Å²) in [6, 6.07) is 8.68. The highest BCUT2D eigenvalue weighted by molar-refractivity contribution is 14.0. The average molecular weight is 545 g/mol. The highest BCUT2D eigenvalue weighted by Crippen LogP contribution is 2.33. The van der Waals surface area contributed by atoms with Crippen molar-refractivity contribution in [2.45, 2.75) is 52.8 Å². The molecule has 6 nitrogen and oxygen atoms in total. The van der Waals surface area contributed by atoms with E-state index in [1.807, 2.05) is 7.05 Å². The first-order chi connectivity index (χ1) is 14.5. The van der Waals surface area contributed by atoms with Crippen LogP contribution >= 0.6 is 24.0 Å². The lowest BCUT2D eigenvalue weighted by Crippen LogP contribution is -2.47. The molecule has 0 aliphatic carbocycles. The van der Waals surface area contributed by atoms with E-state index in [2.05, 4.69) is 65.6 Å². The number of hydrogen-bond donors (Lipinski definition) is 2. The van der Waals surface area contributed by atoms with Crippen LogP contribution in [0.4, 0.5) is 0 Å². The molecule has 0 radical (unpaired) electrons. The number of benzene rings is 1. The number of rotatable bonds is 6. The van der Waals surface area contributed by atoms with E-state index in [1.54, 1.807) is 0 Å². The Balaban J connectivity index is 0.00000341. The summed E-state index contributed by atoms with van der Waals surface area (Å²) in [5.74, 6) is 1.36. The normalized spacial score (nSPS) is 23.2. The Morgan fingerprint density at radius 2 is 1.81 bits per heavy atom. The van der Waals surface area contributed by atoms with Crippen LogP contribution in [0.1, 0.15) is 44.7 Å². The van der Waals surface area contributed by atoms with Crippen molar-refractivity contribution in [1.82, 2.24) is 15.5 Å². The molecule has 176 valence electrons. The quantitative estimate of drug-likeness (QED) is 0.326. The van der Waals surface area contributed by atoms with Gasteiger partial charge < -0.3 is 20.1 Å².